The average Bonchev–Trinajstić information content (AvgIpc) is 3.13. The highest BCUT2D eigenvalue weighted by atomic mass is 35.5. The van der Waals surface area contributed by atoms with Crippen LogP contribution in [0, 0.1) is 6.92 Å². The maximum absolute atomic E-state index is 12.8. The highest BCUT2D eigenvalue weighted by Gasteiger charge is 2.30. The van der Waals surface area contributed by atoms with Crippen LogP contribution in [-0.4, -0.2) is 36.8 Å². The second-order valence-electron chi connectivity index (χ2n) is 6.44. The fourth-order valence-corrected chi connectivity index (χ4v) is 4.80. The third-order valence-electron chi connectivity index (χ3n) is 4.17. The lowest BCUT2D eigenvalue weighted by Gasteiger charge is -2.28. The zero-order valence-corrected chi connectivity index (χ0v) is 18.3. The van der Waals surface area contributed by atoms with Crippen LogP contribution in [0.4, 0.5) is 10.8 Å². The van der Waals surface area contributed by atoms with Gasteiger partial charge in [0.25, 0.3) is 0 Å². The smallest absolute Gasteiger partial charge is 0.249 e. The molecule has 0 saturated heterocycles. The summed E-state index contributed by atoms with van der Waals surface area (Å²) in [6.45, 7) is 3.32. The van der Waals surface area contributed by atoms with Crippen molar-refractivity contribution in [1.29, 1.82) is 0 Å². The van der Waals surface area contributed by atoms with Gasteiger partial charge in [0, 0.05) is 10.6 Å². The largest absolute Gasteiger partial charge is 0.299 e. The Bertz CT molecular complexity index is 1130. The number of anilines is 2. The van der Waals surface area contributed by atoms with Crippen LogP contribution in [0.2, 0.25) is 5.02 Å². The van der Waals surface area contributed by atoms with Crippen LogP contribution >= 0.6 is 22.9 Å². The maximum Gasteiger partial charge on any atom is 0.249 e. The Hall–Kier alpha value is -2.49. The van der Waals surface area contributed by atoms with E-state index in [2.05, 4.69) is 15.5 Å². The van der Waals surface area contributed by atoms with Gasteiger partial charge in [-0.05, 0) is 31.5 Å². The first-order valence-electron chi connectivity index (χ1n) is 8.62. The number of carbonyl (C=O) groups is 1. The summed E-state index contributed by atoms with van der Waals surface area (Å²) in [6, 6.07) is 13.3. The maximum atomic E-state index is 12.8. The molecule has 1 atom stereocenters. The molecule has 0 spiro atoms. The van der Waals surface area contributed by atoms with Crippen LogP contribution in [0.25, 0.3) is 10.6 Å². The summed E-state index contributed by atoms with van der Waals surface area (Å²) in [6.07, 6.45) is 1.04. The molecule has 3 rings (SSSR count). The van der Waals surface area contributed by atoms with Gasteiger partial charge >= 0.3 is 0 Å². The highest BCUT2D eigenvalue weighted by Crippen LogP contribution is 2.28. The van der Waals surface area contributed by atoms with Gasteiger partial charge in [0.2, 0.25) is 21.1 Å². The van der Waals surface area contributed by atoms with Gasteiger partial charge in [-0.1, -0.05) is 59.3 Å². The fourth-order valence-electron chi connectivity index (χ4n) is 2.71. The number of aromatic nitrogens is 2. The number of nitrogens with one attached hydrogen (secondary N) is 1. The molecule has 1 heterocycles. The van der Waals surface area contributed by atoms with E-state index in [9.17, 15) is 13.2 Å². The van der Waals surface area contributed by atoms with E-state index in [-0.39, 0.29) is 5.13 Å². The first kappa shape index (κ1) is 21.2. The molecule has 152 valence electrons. The number of benzene rings is 2. The minimum atomic E-state index is -3.74. The number of hydrogen-bond donors (Lipinski definition) is 1. The number of carbonyl (C=O) groups excluding carboxylic acids is 1. The lowest BCUT2D eigenvalue weighted by molar-refractivity contribution is -0.116. The molecule has 10 heteroatoms. The van der Waals surface area contributed by atoms with Crippen molar-refractivity contribution < 1.29 is 13.2 Å². The molecule has 0 saturated carbocycles. The van der Waals surface area contributed by atoms with Gasteiger partial charge in [-0.25, -0.2) is 8.42 Å². The molecule has 2 aromatic carbocycles. The van der Waals surface area contributed by atoms with Crippen LogP contribution in [0.1, 0.15) is 12.5 Å². The summed E-state index contributed by atoms with van der Waals surface area (Å²) in [4.78, 5) is 12.8. The van der Waals surface area contributed by atoms with Gasteiger partial charge in [-0.15, -0.1) is 10.2 Å². The minimum Gasteiger partial charge on any atom is -0.299 e. The highest BCUT2D eigenvalue weighted by molar-refractivity contribution is 7.92. The van der Waals surface area contributed by atoms with E-state index in [1.807, 2.05) is 37.3 Å². The number of aryl methyl sites for hydroxylation is 1. The van der Waals surface area contributed by atoms with E-state index < -0.39 is 22.0 Å². The standard InChI is InChI=1S/C19H19ClN4O3S2/c1-12-9-10-15(11-16(12)20)24(29(3,26)27)13(2)17(25)21-19-23-22-18(28-19)14-7-5-4-6-8-14/h4-11,13H,1-3H3,(H,21,23,25)/t13-/m0/s1. The zero-order valence-electron chi connectivity index (χ0n) is 16.0. The lowest BCUT2D eigenvalue weighted by atomic mass is 10.2. The number of halogens is 1. The van der Waals surface area contributed by atoms with Gasteiger partial charge < -0.3 is 0 Å². The summed E-state index contributed by atoms with van der Waals surface area (Å²) < 4.78 is 25.8. The van der Waals surface area contributed by atoms with Crippen LogP contribution < -0.4 is 9.62 Å². The van der Waals surface area contributed by atoms with E-state index in [1.54, 1.807) is 12.1 Å². The van der Waals surface area contributed by atoms with E-state index in [0.717, 1.165) is 21.7 Å². The first-order chi connectivity index (χ1) is 13.7. The van der Waals surface area contributed by atoms with Crippen molar-refractivity contribution in [3.63, 3.8) is 0 Å². The van der Waals surface area contributed by atoms with Crippen molar-refractivity contribution in [1.82, 2.24) is 10.2 Å². The normalized spacial score (nSPS) is 12.4. The minimum absolute atomic E-state index is 0.288. The molecule has 0 aliphatic carbocycles. The molecule has 1 N–H and O–H groups in total. The Labute approximate surface area is 178 Å². The van der Waals surface area contributed by atoms with Crippen molar-refractivity contribution >= 4 is 49.7 Å². The number of sulfonamides is 1. The van der Waals surface area contributed by atoms with Crippen LogP contribution in [0.5, 0.6) is 0 Å². The summed E-state index contributed by atoms with van der Waals surface area (Å²) in [5, 5.41) is 12.1. The number of hydrogen-bond acceptors (Lipinski definition) is 6. The molecule has 1 amide bonds. The second-order valence-corrected chi connectivity index (χ2v) is 9.68. The zero-order chi connectivity index (χ0) is 21.2. The molecule has 0 aliphatic rings. The fraction of sp³-hybridized carbons (Fsp3) is 0.211. The van der Waals surface area contributed by atoms with Crippen molar-refractivity contribution in [2.24, 2.45) is 0 Å². The summed E-state index contributed by atoms with van der Waals surface area (Å²) in [5.74, 6) is -0.525. The van der Waals surface area contributed by atoms with Gasteiger partial charge in [0.1, 0.15) is 11.0 Å². The molecule has 0 radical (unpaired) electrons. The van der Waals surface area contributed by atoms with E-state index in [1.165, 1.54) is 24.3 Å². The molecule has 0 fully saturated rings. The van der Waals surface area contributed by atoms with Crippen LogP contribution in [-0.2, 0) is 14.8 Å². The third kappa shape index (κ3) is 4.92. The van der Waals surface area contributed by atoms with Crippen LogP contribution in [0.15, 0.2) is 48.5 Å². The quantitative estimate of drug-likeness (QED) is 0.613. The topological polar surface area (TPSA) is 92.3 Å². The van der Waals surface area contributed by atoms with Crippen molar-refractivity contribution in [2.45, 2.75) is 19.9 Å². The molecule has 0 unspecified atom stereocenters. The SMILES string of the molecule is Cc1ccc(N([C@@H](C)C(=O)Nc2nnc(-c3ccccc3)s2)S(C)(=O)=O)cc1Cl. The number of nitrogens with zero attached hydrogens (tertiary/aromatic N) is 3. The second kappa shape index (κ2) is 8.48. The molecule has 3 aromatic rings. The Morgan fingerprint density at radius 3 is 2.48 bits per heavy atom. The molecular formula is C19H19ClN4O3S2. The summed E-state index contributed by atoms with van der Waals surface area (Å²) in [7, 11) is -3.74. The molecule has 1 aromatic heterocycles. The van der Waals surface area contributed by atoms with E-state index >= 15 is 0 Å². The van der Waals surface area contributed by atoms with Crippen molar-refractivity contribution in [3.8, 4) is 10.6 Å². The van der Waals surface area contributed by atoms with Gasteiger partial charge in [0.15, 0.2) is 0 Å². The molecule has 29 heavy (non-hydrogen) atoms. The Kier molecular flexibility index (Phi) is 6.21. The third-order valence-corrected chi connectivity index (χ3v) is 6.71. The first-order valence-corrected chi connectivity index (χ1v) is 11.7. The lowest BCUT2D eigenvalue weighted by Crippen LogP contribution is -2.45. The predicted octanol–water partition coefficient (Wildman–Crippen LogP) is 3.96. The monoisotopic (exact) mass is 450 g/mol. The van der Waals surface area contributed by atoms with E-state index in [0.29, 0.717) is 15.7 Å². The van der Waals surface area contributed by atoms with Gasteiger partial charge in [0.05, 0.1) is 11.9 Å². The molecule has 0 aliphatic heterocycles. The molecular weight excluding hydrogens is 432 g/mol. The van der Waals surface area contributed by atoms with Crippen molar-refractivity contribution in [2.75, 3.05) is 15.9 Å². The Balaban J connectivity index is 1.83. The molecule has 7 nitrogen and oxygen atoms in total. The number of rotatable bonds is 6. The summed E-state index contributed by atoms with van der Waals surface area (Å²) >= 11 is 7.35. The van der Waals surface area contributed by atoms with Gasteiger partial charge in [-0.3, -0.25) is 14.4 Å². The average molecular weight is 451 g/mol. The Morgan fingerprint density at radius 2 is 1.86 bits per heavy atom. The number of amides is 1. The molecule has 0 bridgehead atoms. The van der Waals surface area contributed by atoms with Crippen LogP contribution in [0.3, 0.4) is 0 Å². The summed E-state index contributed by atoms with van der Waals surface area (Å²) in [5.41, 5.74) is 2.00. The van der Waals surface area contributed by atoms with Gasteiger partial charge in [-0.2, -0.15) is 0 Å². The predicted molar refractivity (Wildman–Crippen MR) is 117 cm³/mol. The van der Waals surface area contributed by atoms with Crippen molar-refractivity contribution in [3.05, 3.63) is 59.1 Å². The van der Waals surface area contributed by atoms with E-state index in [4.69, 9.17) is 11.6 Å². The Morgan fingerprint density at radius 1 is 1.17 bits per heavy atom.